The van der Waals surface area contributed by atoms with Crippen LogP contribution in [-0.4, -0.2) is 19.1 Å². The van der Waals surface area contributed by atoms with Crippen LogP contribution < -0.4 is 0 Å². The molecule has 0 radical (unpaired) electrons. The van der Waals surface area contributed by atoms with Crippen molar-refractivity contribution in [1.82, 2.24) is 19.1 Å². The molecule has 0 N–H and O–H groups in total. The summed E-state index contributed by atoms with van der Waals surface area (Å²) in [6.45, 7) is 16.3. The van der Waals surface area contributed by atoms with Crippen LogP contribution in [-0.2, 0) is 0 Å². The molecule has 0 fully saturated rings. The van der Waals surface area contributed by atoms with Crippen LogP contribution >= 0.6 is 0 Å². The third-order valence-electron chi connectivity index (χ3n) is 16.7. The summed E-state index contributed by atoms with van der Waals surface area (Å²) >= 11 is 0. The van der Waals surface area contributed by atoms with Crippen LogP contribution in [0.25, 0.3) is 154 Å². The molecule has 15 aromatic rings. The summed E-state index contributed by atoms with van der Waals surface area (Å²) in [4.78, 5) is 18.9. The fourth-order valence-electron chi connectivity index (χ4n) is 12.7. The standard InChI is InChI=1S/C80H46N8/c1-83-69-32-16-13-28-61(69)55-38-42-75-67(46-55)65-44-53(59-26-11-9-24-57(59)49-81)36-40-74(65)87(75)73-34-18-15-30-63(73)79-64(80-85-71(51-20-5-3-6-21-51)48-72(86-80)52-22-7-4-8-23-52)31-19-35-78(79)88-76-41-37-54(60-27-12-10-25-58(60)50-82)45-66(76)68-47-56(39-43-77(68)88)62-29-14-17-33-70(62)84-2/h3-48H. The normalized spacial score (nSPS) is 11.1. The summed E-state index contributed by atoms with van der Waals surface area (Å²) in [5.41, 5.74) is 20.8. The van der Waals surface area contributed by atoms with E-state index in [0.717, 1.165) is 139 Å². The maximum atomic E-state index is 10.4. The Balaban J connectivity index is 1.06. The third-order valence-corrected chi connectivity index (χ3v) is 16.7. The van der Waals surface area contributed by atoms with Gasteiger partial charge in [-0.2, -0.15) is 10.5 Å². The van der Waals surface area contributed by atoms with Gasteiger partial charge in [0.05, 0.1) is 81.2 Å². The summed E-state index contributed by atoms with van der Waals surface area (Å²) in [5, 5.41) is 24.7. The van der Waals surface area contributed by atoms with Crippen molar-refractivity contribution in [3.8, 4) is 113 Å². The molecule has 15 rings (SSSR count). The number of hydrogen-bond donors (Lipinski definition) is 0. The lowest BCUT2D eigenvalue weighted by Crippen LogP contribution is -2.04. The first-order valence-electron chi connectivity index (χ1n) is 28.8. The molecular weight excluding hydrogens is 1070 g/mol. The molecule has 0 atom stereocenters. The van der Waals surface area contributed by atoms with E-state index in [9.17, 15) is 10.5 Å². The first kappa shape index (κ1) is 52.1. The third kappa shape index (κ3) is 8.83. The van der Waals surface area contributed by atoms with Crippen molar-refractivity contribution in [3.63, 3.8) is 0 Å². The zero-order valence-corrected chi connectivity index (χ0v) is 47.1. The van der Waals surface area contributed by atoms with E-state index in [0.29, 0.717) is 28.3 Å². The maximum Gasteiger partial charge on any atom is 0.194 e. The van der Waals surface area contributed by atoms with Crippen LogP contribution in [0.15, 0.2) is 279 Å². The Morgan fingerprint density at radius 3 is 1.10 bits per heavy atom. The number of hydrogen-bond acceptors (Lipinski definition) is 4. The Morgan fingerprint density at radius 1 is 0.307 bits per heavy atom. The number of benzene rings is 12. The Bertz CT molecular complexity index is 5220. The molecule has 0 aliphatic rings. The van der Waals surface area contributed by atoms with Gasteiger partial charge in [0, 0.05) is 49.4 Å². The Labute approximate surface area is 507 Å². The number of nitrogens with zero attached hydrogens (tertiary/aromatic N) is 8. The first-order valence-corrected chi connectivity index (χ1v) is 28.8. The van der Waals surface area contributed by atoms with Gasteiger partial charge in [-0.1, -0.05) is 200 Å². The smallest absolute Gasteiger partial charge is 0.194 e. The average molecular weight is 1120 g/mol. The van der Waals surface area contributed by atoms with E-state index in [1.165, 1.54) is 0 Å². The molecule has 8 nitrogen and oxygen atoms in total. The molecule has 12 aromatic carbocycles. The highest BCUT2D eigenvalue weighted by molar-refractivity contribution is 6.15. The lowest BCUT2D eigenvalue weighted by Gasteiger charge is -2.22. The summed E-state index contributed by atoms with van der Waals surface area (Å²) < 4.78 is 4.68. The lowest BCUT2D eigenvalue weighted by atomic mass is 9.94. The van der Waals surface area contributed by atoms with E-state index >= 15 is 0 Å². The van der Waals surface area contributed by atoms with E-state index < -0.39 is 0 Å². The van der Waals surface area contributed by atoms with Gasteiger partial charge in [-0.05, 0) is 123 Å². The van der Waals surface area contributed by atoms with Gasteiger partial charge in [0.15, 0.2) is 17.2 Å². The topological polar surface area (TPSA) is 91.9 Å². The Hall–Kier alpha value is -12.7. The molecule has 0 aliphatic heterocycles. The minimum absolute atomic E-state index is 0.534. The molecule has 0 saturated heterocycles. The first-order chi connectivity index (χ1) is 43.5. The van der Waals surface area contributed by atoms with Crippen LogP contribution in [0.2, 0.25) is 0 Å². The Kier molecular flexibility index (Phi) is 12.9. The van der Waals surface area contributed by atoms with E-state index in [2.05, 4.69) is 177 Å². The van der Waals surface area contributed by atoms with Gasteiger partial charge in [0.2, 0.25) is 0 Å². The number of rotatable bonds is 10. The summed E-state index contributed by atoms with van der Waals surface area (Å²) in [6, 6.07) is 99.1. The second-order valence-electron chi connectivity index (χ2n) is 21.6. The van der Waals surface area contributed by atoms with Gasteiger partial charge in [-0.3, -0.25) is 0 Å². The molecule has 0 bridgehead atoms. The predicted molar refractivity (Wildman–Crippen MR) is 356 cm³/mol. The minimum Gasteiger partial charge on any atom is -0.309 e. The zero-order valence-electron chi connectivity index (χ0n) is 47.1. The summed E-state index contributed by atoms with van der Waals surface area (Å²) in [5.74, 6) is 0.534. The SMILES string of the molecule is [C-]#[N+]c1ccccc1-c1ccc2c(c1)c1cc(-c3ccccc3C#N)ccc1n2-c1ccccc1-c1c(-c2nc(-c3ccccc3)cc(-c3ccccc3)n2)cccc1-n1c2ccc(-c3ccccc3C#N)cc2c2cc(-c3ccccc3[N+]#[C-])ccc21. The van der Waals surface area contributed by atoms with E-state index in [-0.39, 0.29) is 0 Å². The molecule has 0 saturated carbocycles. The van der Waals surface area contributed by atoms with Gasteiger partial charge >= 0.3 is 0 Å². The predicted octanol–water partition coefficient (Wildman–Crippen LogP) is 20.9. The van der Waals surface area contributed by atoms with E-state index in [4.69, 9.17) is 23.1 Å². The van der Waals surface area contributed by atoms with Crippen molar-refractivity contribution < 1.29 is 0 Å². The van der Waals surface area contributed by atoms with Gasteiger partial charge in [-0.15, -0.1) is 0 Å². The van der Waals surface area contributed by atoms with Crippen molar-refractivity contribution in [2.75, 3.05) is 0 Å². The fraction of sp³-hybridized carbons (Fsp3) is 0. The molecule has 0 aliphatic carbocycles. The van der Waals surface area contributed by atoms with Crippen LogP contribution in [0.5, 0.6) is 0 Å². The molecule has 0 unspecified atom stereocenters. The maximum absolute atomic E-state index is 10.4. The number of fused-ring (bicyclic) bond motifs is 6. The molecule has 88 heavy (non-hydrogen) atoms. The number of para-hydroxylation sites is 3. The van der Waals surface area contributed by atoms with Crippen LogP contribution in [0.3, 0.4) is 0 Å². The second kappa shape index (κ2) is 21.8. The molecule has 3 aromatic heterocycles. The van der Waals surface area contributed by atoms with Crippen LogP contribution in [0.1, 0.15) is 11.1 Å². The number of aromatic nitrogens is 4. The highest BCUT2D eigenvalue weighted by Crippen LogP contribution is 2.48. The van der Waals surface area contributed by atoms with Crippen molar-refractivity contribution in [3.05, 3.63) is 313 Å². The lowest BCUT2D eigenvalue weighted by molar-refractivity contribution is 1.15. The quantitative estimate of drug-likeness (QED) is 0.128. The zero-order chi connectivity index (χ0) is 59.2. The molecule has 8 heteroatoms. The monoisotopic (exact) mass is 1120 g/mol. The van der Waals surface area contributed by atoms with Crippen molar-refractivity contribution in [1.29, 1.82) is 10.5 Å². The molecular formula is C80H46N8. The van der Waals surface area contributed by atoms with E-state index in [1.54, 1.807) is 0 Å². The van der Waals surface area contributed by atoms with E-state index in [1.807, 2.05) is 133 Å². The molecule has 3 heterocycles. The summed E-state index contributed by atoms with van der Waals surface area (Å²) in [7, 11) is 0. The van der Waals surface area contributed by atoms with Gasteiger partial charge < -0.3 is 9.13 Å². The van der Waals surface area contributed by atoms with Gasteiger partial charge in [-0.25, -0.2) is 19.7 Å². The highest BCUT2D eigenvalue weighted by Gasteiger charge is 2.26. The number of nitriles is 2. The Morgan fingerprint density at radius 2 is 0.659 bits per heavy atom. The van der Waals surface area contributed by atoms with Crippen molar-refractivity contribution in [2.24, 2.45) is 0 Å². The molecule has 406 valence electrons. The highest BCUT2D eigenvalue weighted by atomic mass is 15.0. The van der Waals surface area contributed by atoms with Crippen LogP contribution in [0, 0.1) is 35.8 Å². The van der Waals surface area contributed by atoms with Gasteiger partial charge in [0.1, 0.15) is 0 Å². The van der Waals surface area contributed by atoms with Gasteiger partial charge in [0.25, 0.3) is 0 Å². The average Bonchev–Trinajstić information content (AvgIpc) is 1.57. The fourth-order valence-corrected chi connectivity index (χ4v) is 12.7. The van der Waals surface area contributed by atoms with Crippen molar-refractivity contribution in [2.45, 2.75) is 0 Å². The molecule has 0 spiro atoms. The van der Waals surface area contributed by atoms with Crippen molar-refractivity contribution >= 4 is 55.0 Å². The minimum atomic E-state index is 0.534. The molecule has 0 amide bonds. The summed E-state index contributed by atoms with van der Waals surface area (Å²) in [6.07, 6.45) is 0. The largest absolute Gasteiger partial charge is 0.309 e. The van der Waals surface area contributed by atoms with Crippen LogP contribution in [0.4, 0.5) is 11.4 Å². The second-order valence-corrected chi connectivity index (χ2v) is 21.6.